The van der Waals surface area contributed by atoms with Crippen LogP contribution in [0.25, 0.3) is 11.2 Å². The Hall–Kier alpha value is -6.60. The molecule has 2 fully saturated rings. The number of benzene rings is 2. The van der Waals surface area contributed by atoms with Crippen LogP contribution in [-0.4, -0.2) is 106 Å². The maximum absolute atomic E-state index is 12.8. The molecule has 0 spiro atoms. The van der Waals surface area contributed by atoms with E-state index in [0.29, 0.717) is 62.0 Å². The first kappa shape index (κ1) is 42.5. The smallest absolute Gasteiger partial charge is 0.475 e. The fourth-order valence-electron chi connectivity index (χ4n) is 7.65. The number of nitrogens with one attached hydrogen (secondary N) is 3. The average molecular weight is 842 g/mol. The average Bonchev–Trinajstić information content (AvgIpc) is 4.09. The van der Waals surface area contributed by atoms with Gasteiger partial charge in [-0.15, -0.1) is 0 Å². The lowest BCUT2D eigenvalue weighted by Crippen LogP contribution is -2.43. The van der Waals surface area contributed by atoms with Gasteiger partial charge in [0.05, 0.1) is 36.8 Å². The number of halogens is 3. The van der Waals surface area contributed by atoms with E-state index in [1.165, 1.54) is 11.1 Å². The van der Waals surface area contributed by atoms with Gasteiger partial charge >= 0.3 is 18.2 Å². The molecule has 6 aromatic rings. The number of carboxylic acids is 1. The Labute approximate surface area is 348 Å². The van der Waals surface area contributed by atoms with Crippen LogP contribution in [0.3, 0.4) is 0 Å². The van der Waals surface area contributed by atoms with Crippen molar-refractivity contribution in [1.29, 1.82) is 0 Å². The van der Waals surface area contributed by atoms with Crippen LogP contribution in [0.4, 0.5) is 29.7 Å². The second-order valence-electron chi connectivity index (χ2n) is 14.9. The highest BCUT2D eigenvalue weighted by atomic mass is 19.4. The van der Waals surface area contributed by atoms with E-state index in [9.17, 15) is 28.2 Å². The highest BCUT2D eigenvalue weighted by molar-refractivity contribution is 5.84. The molecule has 2 aliphatic rings. The second-order valence-corrected chi connectivity index (χ2v) is 14.9. The molecule has 0 unspecified atom stereocenters. The Kier molecular flexibility index (Phi) is 13.1. The zero-order valence-electron chi connectivity index (χ0n) is 33.1. The molecular formula is C42H46F3N11O5. The Morgan fingerprint density at radius 1 is 0.918 bits per heavy atom. The molecule has 16 nitrogen and oxygen atoms in total. The fourth-order valence-corrected chi connectivity index (χ4v) is 7.65. The van der Waals surface area contributed by atoms with E-state index in [4.69, 9.17) is 24.9 Å². The molecular weight excluding hydrogens is 796 g/mol. The minimum Gasteiger partial charge on any atom is -0.475 e. The molecule has 0 radical (unpaired) electrons. The molecule has 5 heterocycles. The number of aliphatic carboxylic acids is 1. The molecule has 61 heavy (non-hydrogen) atoms. The number of aromatic nitrogens is 7. The van der Waals surface area contributed by atoms with E-state index < -0.39 is 36.4 Å². The SMILES string of the molecule is CCc1cnn([C@H]2C[C@@H](n3cnc4c(NCC(c5ccccc5)c5ccccc5)nc(N5CC[C@@H](NC(=O)NCc6ccccn6)C5)nc43)[C@H](O)[C@@H]2O)c1.O=C(O)C(F)(F)F. The largest absolute Gasteiger partial charge is 0.490 e. The number of aryl methyl sites for hydroxylation is 1. The lowest BCUT2D eigenvalue weighted by Gasteiger charge is -2.22. The molecule has 0 bridgehead atoms. The van der Waals surface area contributed by atoms with Crippen molar-refractivity contribution in [2.24, 2.45) is 0 Å². The minimum atomic E-state index is -5.08. The van der Waals surface area contributed by atoms with Gasteiger partial charge < -0.3 is 40.7 Å². The van der Waals surface area contributed by atoms with Crippen molar-refractivity contribution in [3.05, 3.63) is 126 Å². The maximum atomic E-state index is 12.8. The van der Waals surface area contributed by atoms with Crippen molar-refractivity contribution in [3.8, 4) is 0 Å². The number of aliphatic hydroxyl groups excluding tert-OH is 2. The first-order valence-electron chi connectivity index (χ1n) is 19.9. The van der Waals surface area contributed by atoms with E-state index in [1.807, 2.05) is 65.4 Å². The van der Waals surface area contributed by atoms with Gasteiger partial charge in [-0.25, -0.2) is 14.6 Å². The molecule has 1 saturated carbocycles. The molecule has 2 aromatic carbocycles. The van der Waals surface area contributed by atoms with Gasteiger partial charge in [0.25, 0.3) is 0 Å². The van der Waals surface area contributed by atoms with Gasteiger partial charge in [0.2, 0.25) is 5.95 Å². The third-order valence-electron chi connectivity index (χ3n) is 10.9. The summed E-state index contributed by atoms with van der Waals surface area (Å²) in [7, 11) is 0. The van der Waals surface area contributed by atoms with Gasteiger partial charge in [0.1, 0.15) is 12.2 Å². The number of pyridine rings is 1. The summed E-state index contributed by atoms with van der Waals surface area (Å²) < 4.78 is 35.4. The summed E-state index contributed by atoms with van der Waals surface area (Å²) >= 11 is 0. The summed E-state index contributed by atoms with van der Waals surface area (Å²) in [5, 5.41) is 43.9. The number of amides is 2. The highest BCUT2D eigenvalue weighted by Crippen LogP contribution is 2.40. The summed E-state index contributed by atoms with van der Waals surface area (Å²) in [4.78, 5) is 43.0. The van der Waals surface area contributed by atoms with Crippen LogP contribution < -0.4 is 20.9 Å². The first-order valence-corrected chi connectivity index (χ1v) is 19.9. The number of fused-ring (bicyclic) bond motifs is 1. The number of nitrogens with zero attached hydrogens (tertiary/aromatic N) is 8. The molecule has 1 aliphatic carbocycles. The van der Waals surface area contributed by atoms with Crippen molar-refractivity contribution >= 4 is 34.9 Å². The zero-order valence-corrected chi connectivity index (χ0v) is 33.1. The van der Waals surface area contributed by atoms with Gasteiger partial charge in [-0.3, -0.25) is 9.67 Å². The van der Waals surface area contributed by atoms with Crippen LogP contribution >= 0.6 is 0 Å². The first-order chi connectivity index (χ1) is 29.4. The fraction of sp³-hybridized carbons (Fsp3) is 0.357. The van der Waals surface area contributed by atoms with E-state index in [2.05, 4.69) is 62.1 Å². The van der Waals surface area contributed by atoms with Gasteiger partial charge in [0, 0.05) is 44.0 Å². The maximum Gasteiger partial charge on any atom is 0.490 e. The molecule has 4 aromatic heterocycles. The lowest BCUT2D eigenvalue weighted by molar-refractivity contribution is -0.192. The number of carbonyl (C=O) groups excluding carboxylic acids is 1. The second kappa shape index (κ2) is 18.8. The number of imidazole rings is 1. The number of hydrogen-bond acceptors (Lipinski definition) is 11. The predicted octanol–water partition coefficient (Wildman–Crippen LogP) is 4.84. The van der Waals surface area contributed by atoms with Crippen LogP contribution in [0.2, 0.25) is 0 Å². The van der Waals surface area contributed by atoms with Gasteiger partial charge in [0.15, 0.2) is 17.0 Å². The quantitative estimate of drug-likeness (QED) is 0.0979. The number of rotatable bonds is 12. The van der Waals surface area contributed by atoms with Crippen LogP contribution in [0.5, 0.6) is 0 Å². The number of urea groups is 1. The van der Waals surface area contributed by atoms with E-state index in [0.717, 1.165) is 17.7 Å². The number of anilines is 2. The molecule has 1 saturated heterocycles. The number of alkyl halides is 3. The molecule has 6 N–H and O–H groups in total. The monoisotopic (exact) mass is 841 g/mol. The topological polar surface area (TPSA) is 208 Å². The van der Waals surface area contributed by atoms with Crippen LogP contribution in [-0.2, 0) is 17.8 Å². The number of aliphatic hydroxyl groups is 2. The Bertz CT molecular complexity index is 2340. The van der Waals surface area contributed by atoms with Gasteiger partial charge in [-0.1, -0.05) is 73.7 Å². The highest BCUT2D eigenvalue weighted by Gasteiger charge is 2.45. The van der Waals surface area contributed by atoms with E-state index in [1.54, 1.807) is 23.4 Å². The zero-order chi connectivity index (χ0) is 43.1. The number of carboxylic acid groups (broad SMARTS) is 1. The van der Waals surface area contributed by atoms with Crippen molar-refractivity contribution < 1.29 is 38.1 Å². The normalized spacial score (nSPS) is 20.0. The lowest BCUT2D eigenvalue weighted by atomic mass is 9.91. The van der Waals surface area contributed by atoms with Crippen LogP contribution in [0.1, 0.15) is 60.2 Å². The van der Waals surface area contributed by atoms with Crippen LogP contribution in [0, 0.1) is 0 Å². The van der Waals surface area contributed by atoms with Crippen molar-refractivity contribution in [3.63, 3.8) is 0 Å². The molecule has 1 aliphatic heterocycles. The summed E-state index contributed by atoms with van der Waals surface area (Å²) in [6.45, 7) is 4.08. The van der Waals surface area contributed by atoms with E-state index in [-0.39, 0.29) is 18.0 Å². The standard InChI is InChI=1S/C40H45N11O3.C2HF3O2/c1-2-26-20-45-51(23-26)33-19-32(35(52)36(33)53)50-25-44-34-37(42-22-31(27-11-5-3-6-12-27)28-13-7-4-8-14-28)47-39(48-38(34)50)49-18-16-30(24-49)46-40(54)43-21-29-15-9-10-17-41-29;3-2(4,5)1(6)7/h3-15,17,20,23,25,30-33,35-36,52-53H,2,16,18-19,21-22,24H2,1H3,(H,42,47,48)(H2,43,46,54);(H,6,7)/t30-,32-,33+,35+,36-;/m1./s1. The van der Waals surface area contributed by atoms with Crippen LogP contribution in [0.15, 0.2) is 104 Å². The third-order valence-corrected chi connectivity index (χ3v) is 10.9. The summed E-state index contributed by atoms with van der Waals surface area (Å²) in [6.07, 6.45) is 1.93. The molecule has 5 atom stereocenters. The predicted molar refractivity (Wildman–Crippen MR) is 219 cm³/mol. The summed E-state index contributed by atoms with van der Waals surface area (Å²) in [6, 6.07) is 25.0. The van der Waals surface area contributed by atoms with Crippen molar-refractivity contribution in [1.82, 2.24) is 44.9 Å². The van der Waals surface area contributed by atoms with Crippen molar-refractivity contribution in [2.75, 3.05) is 29.9 Å². The van der Waals surface area contributed by atoms with E-state index >= 15 is 0 Å². The number of carbonyl (C=O) groups is 2. The molecule has 19 heteroatoms. The third kappa shape index (κ3) is 10.1. The molecule has 2 amide bonds. The van der Waals surface area contributed by atoms with Crippen molar-refractivity contribution in [2.45, 2.75) is 75.2 Å². The molecule has 8 rings (SSSR count). The Morgan fingerprint density at radius 3 is 2.21 bits per heavy atom. The summed E-state index contributed by atoms with van der Waals surface area (Å²) in [5.74, 6) is -1.67. The van der Waals surface area contributed by atoms with Gasteiger partial charge in [-0.05, 0) is 48.1 Å². The number of hydrogen-bond donors (Lipinski definition) is 6. The summed E-state index contributed by atoms with van der Waals surface area (Å²) in [5.41, 5.74) is 5.30. The Balaban J connectivity index is 0.000000739. The van der Waals surface area contributed by atoms with Gasteiger partial charge in [-0.2, -0.15) is 28.2 Å². The minimum absolute atomic E-state index is 0.0301. The molecule has 320 valence electrons. The Morgan fingerprint density at radius 2 is 1.59 bits per heavy atom.